The minimum atomic E-state index is 0.0177. The summed E-state index contributed by atoms with van der Waals surface area (Å²) >= 11 is 0. The van der Waals surface area contributed by atoms with Crippen molar-refractivity contribution in [1.82, 2.24) is 0 Å². The summed E-state index contributed by atoms with van der Waals surface area (Å²) in [5.41, 5.74) is 4.51. The maximum atomic E-state index is 12.3. The Morgan fingerprint density at radius 3 is 1.26 bits per heavy atom. The van der Waals surface area contributed by atoms with E-state index in [1.807, 2.05) is 24.3 Å². The fraction of sp³-hybridized carbons (Fsp3) is 0.533. The molecule has 2 saturated carbocycles. The standard InChI is InChI=1S/C30H40N2O2/c33-29(31-27-19-15-25(16-20-27)23-9-3-1-4-10-23)13-7-8-14-30(34)32-28-21-17-26(18-22-28)24-11-5-2-6-12-24/h15-24H,1-14H2,(H,31,33)(H,32,34). The van der Waals surface area contributed by atoms with Crippen molar-refractivity contribution >= 4 is 23.2 Å². The number of carbonyl (C=O) groups excluding carboxylic acids is 2. The average molecular weight is 461 g/mol. The van der Waals surface area contributed by atoms with Gasteiger partial charge in [0.25, 0.3) is 0 Å². The van der Waals surface area contributed by atoms with Gasteiger partial charge >= 0.3 is 0 Å². The van der Waals surface area contributed by atoms with Crippen molar-refractivity contribution in [1.29, 1.82) is 0 Å². The lowest BCUT2D eigenvalue weighted by atomic mass is 9.84. The second-order valence-electron chi connectivity index (χ2n) is 10.2. The third-order valence-electron chi connectivity index (χ3n) is 7.60. The van der Waals surface area contributed by atoms with Crippen molar-refractivity contribution < 1.29 is 9.59 Å². The molecule has 2 aliphatic carbocycles. The van der Waals surface area contributed by atoms with Gasteiger partial charge in [0.1, 0.15) is 0 Å². The molecular formula is C30H40N2O2. The monoisotopic (exact) mass is 460 g/mol. The molecule has 34 heavy (non-hydrogen) atoms. The lowest BCUT2D eigenvalue weighted by Gasteiger charge is -2.22. The van der Waals surface area contributed by atoms with Crippen LogP contribution >= 0.6 is 0 Å². The molecule has 0 saturated heterocycles. The largest absolute Gasteiger partial charge is 0.326 e. The van der Waals surface area contributed by atoms with E-state index in [9.17, 15) is 9.59 Å². The van der Waals surface area contributed by atoms with E-state index < -0.39 is 0 Å². The number of amides is 2. The molecule has 2 N–H and O–H groups in total. The van der Waals surface area contributed by atoms with Crippen molar-refractivity contribution in [2.75, 3.05) is 10.6 Å². The van der Waals surface area contributed by atoms with Crippen LogP contribution in [-0.4, -0.2) is 11.8 Å². The van der Waals surface area contributed by atoms with Crippen LogP contribution in [0.2, 0.25) is 0 Å². The Bertz CT molecular complexity index is 830. The fourth-order valence-corrected chi connectivity index (χ4v) is 5.57. The SMILES string of the molecule is O=C(CCCCC(=O)Nc1ccc(C2CCCCC2)cc1)Nc1ccc(C2CCCCC2)cc1. The molecule has 0 aromatic heterocycles. The highest BCUT2D eigenvalue weighted by molar-refractivity contribution is 5.91. The van der Waals surface area contributed by atoms with Crippen molar-refractivity contribution in [3.8, 4) is 0 Å². The Balaban J connectivity index is 1.11. The van der Waals surface area contributed by atoms with Gasteiger partial charge in [-0.2, -0.15) is 0 Å². The number of hydrogen-bond acceptors (Lipinski definition) is 2. The van der Waals surface area contributed by atoms with E-state index >= 15 is 0 Å². The third kappa shape index (κ3) is 7.44. The predicted octanol–water partition coefficient (Wildman–Crippen LogP) is 7.92. The van der Waals surface area contributed by atoms with Crippen molar-refractivity contribution in [3.63, 3.8) is 0 Å². The first-order valence-electron chi connectivity index (χ1n) is 13.5. The Morgan fingerprint density at radius 1 is 0.559 bits per heavy atom. The number of unbranched alkanes of at least 4 members (excludes halogenated alkanes) is 1. The van der Waals surface area contributed by atoms with Crippen LogP contribution in [0.3, 0.4) is 0 Å². The van der Waals surface area contributed by atoms with E-state index in [4.69, 9.17) is 0 Å². The van der Waals surface area contributed by atoms with Crippen LogP contribution < -0.4 is 10.6 Å². The van der Waals surface area contributed by atoms with Gasteiger partial charge in [0.15, 0.2) is 0 Å². The Kier molecular flexibility index (Phi) is 9.18. The van der Waals surface area contributed by atoms with Gasteiger partial charge < -0.3 is 10.6 Å². The lowest BCUT2D eigenvalue weighted by Crippen LogP contribution is -2.13. The predicted molar refractivity (Wildman–Crippen MR) is 140 cm³/mol. The van der Waals surface area contributed by atoms with Crippen molar-refractivity contribution in [2.45, 2.75) is 102 Å². The smallest absolute Gasteiger partial charge is 0.224 e. The van der Waals surface area contributed by atoms with Crippen molar-refractivity contribution in [2.24, 2.45) is 0 Å². The lowest BCUT2D eigenvalue weighted by molar-refractivity contribution is -0.118. The zero-order valence-corrected chi connectivity index (χ0v) is 20.5. The fourth-order valence-electron chi connectivity index (χ4n) is 5.57. The molecule has 0 bridgehead atoms. The summed E-state index contributed by atoms with van der Waals surface area (Å²) in [4.78, 5) is 24.6. The molecule has 2 aromatic rings. The van der Waals surface area contributed by atoms with E-state index in [1.54, 1.807) is 0 Å². The quantitative estimate of drug-likeness (QED) is 0.373. The summed E-state index contributed by atoms with van der Waals surface area (Å²) < 4.78 is 0. The number of nitrogens with one attached hydrogen (secondary N) is 2. The highest BCUT2D eigenvalue weighted by atomic mass is 16.2. The summed E-state index contributed by atoms with van der Waals surface area (Å²) in [6.45, 7) is 0. The zero-order valence-electron chi connectivity index (χ0n) is 20.5. The number of hydrogen-bond donors (Lipinski definition) is 2. The maximum Gasteiger partial charge on any atom is 0.224 e. The molecule has 0 aliphatic heterocycles. The van der Waals surface area contributed by atoms with Crippen LogP contribution in [0.15, 0.2) is 48.5 Å². The minimum Gasteiger partial charge on any atom is -0.326 e. The van der Waals surface area contributed by atoms with E-state index in [-0.39, 0.29) is 11.8 Å². The molecule has 2 aliphatic rings. The van der Waals surface area contributed by atoms with Gasteiger partial charge in [-0.25, -0.2) is 0 Å². The first-order chi connectivity index (χ1) is 16.7. The summed E-state index contributed by atoms with van der Waals surface area (Å²) in [5, 5.41) is 5.99. The summed E-state index contributed by atoms with van der Waals surface area (Å²) in [7, 11) is 0. The van der Waals surface area contributed by atoms with Crippen LogP contribution in [0.25, 0.3) is 0 Å². The first-order valence-corrected chi connectivity index (χ1v) is 13.5. The molecule has 4 nitrogen and oxygen atoms in total. The van der Waals surface area contributed by atoms with Crippen LogP contribution in [0, 0.1) is 0 Å². The molecule has 0 atom stereocenters. The van der Waals surface area contributed by atoms with Gasteiger partial charge in [0.2, 0.25) is 11.8 Å². The topological polar surface area (TPSA) is 58.2 Å². The van der Waals surface area contributed by atoms with E-state index in [0.29, 0.717) is 37.5 Å². The molecule has 4 rings (SSSR count). The van der Waals surface area contributed by atoms with Gasteiger partial charge in [0.05, 0.1) is 0 Å². The van der Waals surface area contributed by atoms with Gasteiger partial charge in [0, 0.05) is 24.2 Å². The van der Waals surface area contributed by atoms with Gasteiger partial charge in [-0.15, -0.1) is 0 Å². The molecular weight excluding hydrogens is 420 g/mol. The van der Waals surface area contributed by atoms with E-state index in [2.05, 4.69) is 34.9 Å². The first kappa shape index (κ1) is 24.5. The average Bonchev–Trinajstić information content (AvgIpc) is 2.89. The van der Waals surface area contributed by atoms with Gasteiger partial charge in [-0.05, 0) is 85.8 Å². The van der Waals surface area contributed by atoms with Crippen LogP contribution in [-0.2, 0) is 9.59 Å². The second kappa shape index (κ2) is 12.7. The highest BCUT2D eigenvalue weighted by Crippen LogP contribution is 2.34. The molecule has 2 aromatic carbocycles. The molecule has 2 fully saturated rings. The van der Waals surface area contributed by atoms with Crippen LogP contribution in [0.4, 0.5) is 11.4 Å². The summed E-state index contributed by atoms with van der Waals surface area (Å²) in [6, 6.07) is 16.7. The van der Waals surface area contributed by atoms with Crippen molar-refractivity contribution in [3.05, 3.63) is 59.7 Å². The van der Waals surface area contributed by atoms with Crippen LogP contribution in [0.5, 0.6) is 0 Å². The van der Waals surface area contributed by atoms with E-state index in [0.717, 1.165) is 11.4 Å². The minimum absolute atomic E-state index is 0.0177. The molecule has 2 amide bonds. The maximum absolute atomic E-state index is 12.3. The molecule has 0 heterocycles. The summed E-state index contributed by atoms with van der Waals surface area (Å²) in [6.07, 6.45) is 15.5. The summed E-state index contributed by atoms with van der Waals surface area (Å²) in [5.74, 6) is 1.40. The number of carbonyl (C=O) groups is 2. The molecule has 0 unspecified atom stereocenters. The van der Waals surface area contributed by atoms with Gasteiger partial charge in [-0.1, -0.05) is 62.8 Å². The zero-order chi connectivity index (χ0) is 23.6. The normalized spacial score (nSPS) is 17.3. The molecule has 0 spiro atoms. The number of anilines is 2. The highest BCUT2D eigenvalue weighted by Gasteiger charge is 2.16. The van der Waals surface area contributed by atoms with E-state index in [1.165, 1.54) is 75.3 Å². The Morgan fingerprint density at radius 2 is 0.912 bits per heavy atom. The molecule has 182 valence electrons. The Labute approximate surface area is 204 Å². The van der Waals surface area contributed by atoms with Gasteiger partial charge in [-0.3, -0.25) is 9.59 Å². The molecule has 4 heteroatoms. The molecule has 0 radical (unpaired) electrons. The van der Waals surface area contributed by atoms with Crippen LogP contribution in [0.1, 0.15) is 113 Å². The third-order valence-corrected chi connectivity index (χ3v) is 7.60. The number of benzene rings is 2. The number of rotatable bonds is 9. The second-order valence-corrected chi connectivity index (χ2v) is 10.2. The Hall–Kier alpha value is -2.62.